The quantitative estimate of drug-likeness (QED) is 0.262. The Balaban J connectivity index is 4.01. The highest BCUT2D eigenvalue weighted by atomic mass is 16.6. The number of hydrogen-bond acceptors (Lipinski definition) is 5. The molecule has 0 aromatic carbocycles. The Labute approximate surface area is 75.3 Å². The molecule has 72 valence electrons. The van der Waals surface area contributed by atoms with E-state index >= 15 is 0 Å². The third kappa shape index (κ3) is 4.73. The van der Waals surface area contributed by atoms with E-state index in [9.17, 15) is 14.4 Å². The third-order valence-corrected chi connectivity index (χ3v) is 1.22. The van der Waals surface area contributed by atoms with Gasteiger partial charge in [0.1, 0.15) is 12.5 Å². The Kier molecular flexibility index (Phi) is 5.18. The number of carbonyl (C=O) groups is 3. The molecule has 0 aliphatic rings. The summed E-state index contributed by atoms with van der Waals surface area (Å²) in [6, 6.07) is 0. The number of ether oxygens (including phenoxy) is 2. The van der Waals surface area contributed by atoms with Gasteiger partial charge in [0.15, 0.2) is 0 Å². The molecule has 0 rings (SSSR count). The monoisotopic (exact) mass is 186 g/mol. The Bertz CT molecular complexity index is 221. The Morgan fingerprint density at radius 2 is 2.15 bits per heavy atom. The van der Waals surface area contributed by atoms with Gasteiger partial charge in [0.2, 0.25) is 0 Å². The van der Waals surface area contributed by atoms with Crippen molar-refractivity contribution in [3.8, 4) is 0 Å². The molecule has 0 saturated carbocycles. The molecule has 0 spiro atoms. The lowest BCUT2D eigenvalue weighted by molar-refractivity contribution is -0.156. The second-order valence-corrected chi connectivity index (χ2v) is 2.18. The van der Waals surface area contributed by atoms with Crippen molar-refractivity contribution in [1.29, 1.82) is 0 Å². The Morgan fingerprint density at radius 1 is 1.54 bits per heavy atom. The van der Waals surface area contributed by atoms with E-state index in [-0.39, 0.29) is 13.1 Å². The molecule has 1 atom stereocenters. The minimum Gasteiger partial charge on any atom is -0.465 e. The standard InChI is InChI=1S/C8H10O5/c1-3-7(4-12-6(2)10)8(11)13-5-9/h3,5,7H,1,4H2,2H3. The largest absolute Gasteiger partial charge is 0.465 e. The van der Waals surface area contributed by atoms with Crippen LogP contribution in [-0.2, 0) is 23.9 Å². The topological polar surface area (TPSA) is 69.7 Å². The molecule has 5 heteroatoms. The van der Waals surface area contributed by atoms with E-state index in [1.54, 1.807) is 0 Å². The van der Waals surface area contributed by atoms with Gasteiger partial charge in [-0.2, -0.15) is 0 Å². The summed E-state index contributed by atoms with van der Waals surface area (Å²) >= 11 is 0. The van der Waals surface area contributed by atoms with Gasteiger partial charge >= 0.3 is 18.4 Å². The molecular formula is C8H10O5. The number of carbonyl (C=O) groups excluding carboxylic acids is 3. The Morgan fingerprint density at radius 3 is 2.54 bits per heavy atom. The van der Waals surface area contributed by atoms with Crippen molar-refractivity contribution >= 4 is 18.4 Å². The van der Waals surface area contributed by atoms with Crippen LogP contribution >= 0.6 is 0 Å². The van der Waals surface area contributed by atoms with E-state index in [4.69, 9.17) is 0 Å². The van der Waals surface area contributed by atoms with Crippen LogP contribution in [0.5, 0.6) is 0 Å². The lowest BCUT2D eigenvalue weighted by atomic mass is 10.2. The SMILES string of the molecule is C=CC(COC(C)=O)C(=O)OC=O. The van der Waals surface area contributed by atoms with Gasteiger partial charge in [0, 0.05) is 6.92 Å². The zero-order valence-electron chi connectivity index (χ0n) is 7.19. The van der Waals surface area contributed by atoms with Gasteiger partial charge in [-0.05, 0) is 0 Å². The van der Waals surface area contributed by atoms with Crippen LogP contribution in [0.15, 0.2) is 12.7 Å². The van der Waals surface area contributed by atoms with Crippen LogP contribution in [0.4, 0.5) is 0 Å². The van der Waals surface area contributed by atoms with Gasteiger partial charge in [-0.1, -0.05) is 6.08 Å². The molecule has 13 heavy (non-hydrogen) atoms. The minimum absolute atomic E-state index is 0.0204. The van der Waals surface area contributed by atoms with Gasteiger partial charge in [0.25, 0.3) is 0 Å². The molecule has 0 saturated heterocycles. The van der Waals surface area contributed by atoms with Crippen LogP contribution in [-0.4, -0.2) is 25.0 Å². The lowest BCUT2D eigenvalue weighted by Crippen LogP contribution is -2.21. The zero-order valence-corrected chi connectivity index (χ0v) is 7.19. The maximum atomic E-state index is 10.9. The smallest absolute Gasteiger partial charge is 0.323 e. The van der Waals surface area contributed by atoms with Gasteiger partial charge in [-0.25, -0.2) is 0 Å². The first-order chi connectivity index (χ1) is 6.11. The summed E-state index contributed by atoms with van der Waals surface area (Å²) in [6.07, 6.45) is 1.24. The second-order valence-electron chi connectivity index (χ2n) is 2.18. The van der Waals surface area contributed by atoms with Crippen LogP contribution in [0.2, 0.25) is 0 Å². The van der Waals surface area contributed by atoms with Gasteiger partial charge in [0.05, 0.1) is 0 Å². The molecule has 0 aromatic rings. The average Bonchev–Trinajstić information content (AvgIpc) is 2.05. The summed E-state index contributed by atoms with van der Waals surface area (Å²) in [6.45, 7) is 4.41. The molecule has 1 unspecified atom stereocenters. The summed E-state index contributed by atoms with van der Waals surface area (Å²) in [7, 11) is 0. The minimum atomic E-state index is -0.797. The maximum Gasteiger partial charge on any atom is 0.323 e. The van der Waals surface area contributed by atoms with Crippen LogP contribution in [0, 0.1) is 5.92 Å². The highest BCUT2D eigenvalue weighted by Crippen LogP contribution is 2.01. The highest BCUT2D eigenvalue weighted by Gasteiger charge is 2.17. The molecular weight excluding hydrogens is 176 g/mol. The van der Waals surface area contributed by atoms with Crippen LogP contribution < -0.4 is 0 Å². The molecule has 0 aliphatic heterocycles. The predicted molar refractivity (Wildman–Crippen MR) is 42.5 cm³/mol. The van der Waals surface area contributed by atoms with Crippen LogP contribution in [0.1, 0.15) is 6.92 Å². The first kappa shape index (κ1) is 11.4. The molecule has 5 nitrogen and oxygen atoms in total. The normalized spacial score (nSPS) is 11.2. The number of hydrogen-bond donors (Lipinski definition) is 0. The molecule has 0 aliphatic carbocycles. The van der Waals surface area contributed by atoms with Crippen molar-refractivity contribution in [2.24, 2.45) is 5.92 Å². The van der Waals surface area contributed by atoms with Crippen LogP contribution in [0.25, 0.3) is 0 Å². The predicted octanol–water partition coefficient (Wildman–Crippen LogP) is 0.0513. The van der Waals surface area contributed by atoms with E-state index in [1.807, 2.05) is 0 Å². The first-order valence-corrected chi connectivity index (χ1v) is 3.52. The van der Waals surface area contributed by atoms with Crippen molar-refractivity contribution in [2.75, 3.05) is 6.61 Å². The highest BCUT2D eigenvalue weighted by molar-refractivity contribution is 5.80. The fourth-order valence-corrected chi connectivity index (χ4v) is 0.574. The third-order valence-electron chi connectivity index (χ3n) is 1.22. The molecule has 0 heterocycles. The molecule has 0 fully saturated rings. The van der Waals surface area contributed by atoms with Crippen molar-refractivity contribution in [3.05, 3.63) is 12.7 Å². The average molecular weight is 186 g/mol. The summed E-state index contributed by atoms with van der Waals surface area (Å²) < 4.78 is 8.58. The van der Waals surface area contributed by atoms with Crippen LogP contribution in [0.3, 0.4) is 0 Å². The summed E-state index contributed by atoms with van der Waals surface area (Å²) in [5, 5.41) is 0. The summed E-state index contributed by atoms with van der Waals surface area (Å²) in [4.78, 5) is 31.0. The molecule has 0 N–H and O–H groups in total. The Hall–Kier alpha value is -1.65. The van der Waals surface area contributed by atoms with E-state index in [0.717, 1.165) is 0 Å². The lowest BCUT2D eigenvalue weighted by Gasteiger charge is -2.08. The zero-order chi connectivity index (χ0) is 10.3. The fourth-order valence-electron chi connectivity index (χ4n) is 0.574. The maximum absolute atomic E-state index is 10.9. The van der Waals surface area contributed by atoms with Crippen molar-refractivity contribution in [1.82, 2.24) is 0 Å². The summed E-state index contributed by atoms with van der Waals surface area (Å²) in [5.41, 5.74) is 0. The molecule has 0 aromatic heterocycles. The summed E-state index contributed by atoms with van der Waals surface area (Å²) in [5.74, 6) is -2.09. The van der Waals surface area contributed by atoms with Crippen molar-refractivity contribution < 1.29 is 23.9 Å². The van der Waals surface area contributed by atoms with E-state index < -0.39 is 17.9 Å². The van der Waals surface area contributed by atoms with E-state index in [0.29, 0.717) is 0 Å². The second kappa shape index (κ2) is 5.93. The number of rotatable bonds is 5. The fraction of sp³-hybridized carbons (Fsp3) is 0.375. The van der Waals surface area contributed by atoms with Gasteiger partial charge in [-0.15, -0.1) is 6.58 Å². The van der Waals surface area contributed by atoms with Crippen molar-refractivity contribution in [2.45, 2.75) is 6.92 Å². The van der Waals surface area contributed by atoms with Gasteiger partial charge < -0.3 is 9.47 Å². The number of esters is 2. The van der Waals surface area contributed by atoms with Gasteiger partial charge in [-0.3, -0.25) is 14.4 Å². The van der Waals surface area contributed by atoms with Crippen molar-refractivity contribution in [3.63, 3.8) is 0 Å². The van der Waals surface area contributed by atoms with E-state index in [2.05, 4.69) is 16.1 Å². The molecule has 0 bridgehead atoms. The molecule has 0 radical (unpaired) electrons. The first-order valence-electron chi connectivity index (χ1n) is 3.52. The van der Waals surface area contributed by atoms with E-state index in [1.165, 1.54) is 13.0 Å². The molecule has 0 amide bonds.